The van der Waals surface area contributed by atoms with Gasteiger partial charge in [0.1, 0.15) is 5.75 Å². The number of imidazole rings is 1. The number of nitrogens with one attached hydrogen (secondary N) is 2. The molecule has 0 fully saturated rings. The fourth-order valence-corrected chi connectivity index (χ4v) is 4.78. The lowest BCUT2D eigenvalue weighted by Gasteiger charge is -2.30. The number of aromatic amines is 2. The molecule has 0 saturated heterocycles. The van der Waals surface area contributed by atoms with Crippen LogP contribution in [0.1, 0.15) is 12.0 Å². The van der Waals surface area contributed by atoms with Crippen molar-refractivity contribution in [3.63, 3.8) is 0 Å². The standard InChI is InChI=1S/C17H17N3O4S/c1-24-12-4-7-16-11(9-12)3-2-8-20(16)25(22,23)13-5-6-14-15(10-13)19-17(21)18-14/h4-7,9-10H,2-3,8H2,1H3,(H2,18,19,21). The van der Waals surface area contributed by atoms with E-state index in [1.54, 1.807) is 25.3 Å². The Balaban J connectivity index is 1.81. The monoisotopic (exact) mass is 359 g/mol. The summed E-state index contributed by atoms with van der Waals surface area (Å²) in [7, 11) is -2.13. The van der Waals surface area contributed by atoms with Crippen LogP contribution in [-0.2, 0) is 16.4 Å². The molecule has 0 saturated carbocycles. The van der Waals surface area contributed by atoms with Gasteiger partial charge in [0.25, 0.3) is 10.0 Å². The molecule has 1 aliphatic heterocycles. The van der Waals surface area contributed by atoms with Crippen molar-refractivity contribution in [1.29, 1.82) is 0 Å². The predicted octanol–water partition coefficient (Wildman–Crippen LogP) is 2.01. The van der Waals surface area contributed by atoms with Crippen LogP contribution in [0.4, 0.5) is 5.69 Å². The molecule has 8 heteroatoms. The van der Waals surface area contributed by atoms with E-state index in [2.05, 4.69) is 9.97 Å². The minimum Gasteiger partial charge on any atom is -0.497 e. The molecule has 0 spiro atoms. The number of methoxy groups -OCH3 is 1. The Bertz CT molecular complexity index is 1110. The number of benzene rings is 2. The van der Waals surface area contributed by atoms with Crippen LogP contribution in [0.2, 0.25) is 0 Å². The largest absolute Gasteiger partial charge is 0.497 e. The van der Waals surface area contributed by atoms with E-state index in [-0.39, 0.29) is 10.6 Å². The summed E-state index contributed by atoms with van der Waals surface area (Å²) in [6.45, 7) is 0.420. The summed E-state index contributed by atoms with van der Waals surface area (Å²) in [5.41, 5.74) is 2.31. The Morgan fingerprint density at radius 1 is 1.08 bits per heavy atom. The highest BCUT2D eigenvalue weighted by atomic mass is 32.2. The third kappa shape index (κ3) is 2.58. The van der Waals surface area contributed by atoms with Crippen LogP contribution in [0.5, 0.6) is 5.75 Å². The average molecular weight is 359 g/mol. The molecular formula is C17H17N3O4S. The number of rotatable bonds is 3. The third-order valence-corrected chi connectivity index (χ3v) is 6.25. The smallest absolute Gasteiger partial charge is 0.323 e. The molecule has 0 aliphatic carbocycles. The van der Waals surface area contributed by atoms with Crippen molar-refractivity contribution in [3.8, 4) is 5.75 Å². The lowest BCUT2D eigenvalue weighted by atomic mass is 10.0. The van der Waals surface area contributed by atoms with Gasteiger partial charge in [-0.1, -0.05) is 0 Å². The molecule has 0 radical (unpaired) electrons. The Morgan fingerprint density at radius 2 is 1.88 bits per heavy atom. The highest BCUT2D eigenvalue weighted by Gasteiger charge is 2.29. The Morgan fingerprint density at radius 3 is 2.68 bits per heavy atom. The summed E-state index contributed by atoms with van der Waals surface area (Å²) < 4.78 is 33.0. The molecule has 130 valence electrons. The van der Waals surface area contributed by atoms with Gasteiger partial charge in [-0.25, -0.2) is 13.2 Å². The Hall–Kier alpha value is -2.74. The molecule has 2 aromatic carbocycles. The van der Waals surface area contributed by atoms with Crippen molar-refractivity contribution in [2.45, 2.75) is 17.7 Å². The highest BCUT2D eigenvalue weighted by Crippen LogP contribution is 2.34. The van der Waals surface area contributed by atoms with Crippen LogP contribution in [-0.4, -0.2) is 32.0 Å². The molecule has 0 atom stereocenters. The molecule has 4 rings (SSSR count). The van der Waals surface area contributed by atoms with Gasteiger partial charge in [0, 0.05) is 6.54 Å². The summed E-state index contributed by atoms with van der Waals surface area (Å²) in [6, 6.07) is 10.0. The maximum atomic E-state index is 13.1. The number of nitrogens with zero attached hydrogens (tertiary/aromatic N) is 1. The third-order valence-electron chi connectivity index (χ3n) is 4.44. The Kier molecular flexibility index (Phi) is 3.57. The van der Waals surface area contributed by atoms with Gasteiger partial charge >= 0.3 is 5.69 Å². The first kappa shape index (κ1) is 15.8. The van der Waals surface area contributed by atoms with Gasteiger partial charge in [-0.3, -0.25) is 4.31 Å². The van der Waals surface area contributed by atoms with Gasteiger partial charge in [-0.2, -0.15) is 0 Å². The number of sulfonamides is 1. The number of hydrogen-bond acceptors (Lipinski definition) is 4. The van der Waals surface area contributed by atoms with Crippen molar-refractivity contribution in [1.82, 2.24) is 9.97 Å². The van der Waals surface area contributed by atoms with E-state index in [0.29, 0.717) is 29.0 Å². The van der Waals surface area contributed by atoms with Crippen LogP contribution in [0.25, 0.3) is 11.0 Å². The first-order valence-electron chi connectivity index (χ1n) is 7.91. The van der Waals surface area contributed by atoms with Crippen LogP contribution in [0.3, 0.4) is 0 Å². The minimum atomic E-state index is -3.72. The maximum Gasteiger partial charge on any atom is 0.323 e. The van der Waals surface area contributed by atoms with Crippen LogP contribution < -0.4 is 14.7 Å². The van der Waals surface area contributed by atoms with E-state index in [1.165, 1.54) is 16.4 Å². The van der Waals surface area contributed by atoms with Crippen molar-refractivity contribution >= 4 is 26.7 Å². The van der Waals surface area contributed by atoms with Gasteiger partial charge in [-0.15, -0.1) is 0 Å². The van der Waals surface area contributed by atoms with Crippen molar-refractivity contribution < 1.29 is 13.2 Å². The lowest BCUT2D eigenvalue weighted by molar-refractivity contribution is 0.414. The number of H-pyrrole nitrogens is 2. The van der Waals surface area contributed by atoms with Crippen molar-refractivity contribution in [2.24, 2.45) is 0 Å². The zero-order valence-corrected chi connectivity index (χ0v) is 14.4. The van der Waals surface area contributed by atoms with E-state index < -0.39 is 10.0 Å². The fraction of sp³-hybridized carbons (Fsp3) is 0.235. The summed E-state index contributed by atoms with van der Waals surface area (Å²) in [4.78, 5) is 16.8. The zero-order valence-electron chi connectivity index (χ0n) is 13.6. The fourth-order valence-electron chi connectivity index (χ4n) is 3.21. The molecule has 1 aromatic heterocycles. The van der Waals surface area contributed by atoms with E-state index in [0.717, 1.165) is 18.4 Å². The normalized spacial score (nSPS) is 14.5. The van der Waals surface area contributed by atoms with Crippen LogP contribution in [0.15, 0.2) is 46.1 Å². The van der Waals surface area contributed by atoms with Crippen LogP contribution in [0, 0.1) is 0 Å². The van der Waals surface area contributed by atoms with E-state index in [1.807, 2.05) is 6.07 Å². The number of anilines is 1. The zero-order chi connectivity index (χ0) is 17.6. The molecule has 0 bridgehead atoms. The Labute approximate surface area is 144 Å². The summed E-state index contributed by atoms with van der Waals surface area (Å²) in [5.74, 6) is 0.712. The van der Waals surface area contributed by atoms with Gasteiger partial charge in [0.05, 0.1) is 28.7 Å². The summed E-state index contributed by atoms with van der Waals surface area (Å²) >= 11 is 0. The first-order chi connectivity index (χ1) is 12.0. The van der Waals surface area contributed by atoms with Crippen molar-refractivity contribution in [3.05, 3.63) is 52.4 Å². The minimum absolute atomic E-state index is 0.152. The average Bonchev–Trinajstić information content (AvgIpc) is 2.99. The van der Waals surface area contributed by atoms with Gasteiger partial charge in [-0.05, 0) is 54.8 Å². The number of fused-ring (bicyclic) bond motifs is 2. The molecular weight excluding hydrogens is 342 g/mol. The molecule has 0 unspecified atom stereocenters. The lowest BCUT2D eigenvalue weighted by Crippen LogP contribution is -2.35. The topological polar surface area (TPSA) is 95.3 Å². The molecule has 3 aromatic rings. The maximum absolute atomic E-state index is 13.1. The van der Waals surface area contributed by atoms with E-state index >= 15 is 0 Å². The summed E-state index contributed by atoms with van der Waals surface area (Å²) in [5, 5.41) is 0. The predicted molar refractivity (Wildman–Crippen MR) is 94.8 cm³/mol. The van der Waals surface area contributed by atoms with Gasteiger partial charge in [0.2, 0.25) is 0 Å². The molecule has 25 heavy (non-hydrogen) atoms. The highest BCUT2D eigenvalue weighted by molar-refractivity contribution is 7.92. The second kappa shape index (κ2) is 5.66. The van der Waals surface area contributed by atoms with Crippen LogP contribution >= 0.6 is 0 Å². The van der Waals surface area contributed by atoms with E-state index in [4.69, 9.17) is 4.74 Å². The number of aryl methyl sites for hydroxylation is 1. The second-order valence-electron chi connectivity index (χ2n) is 5.96. The SMILES string of the molecule is COc1ccc2c(c1)CCCN2S(=O)(=O)c1ccc2[nH]c(=O)[nH]c2c1. The van der Waals surface area contributed by atoms with E-state index in [9.17, 15) is 13.2 Å². The molecule has 0 amide bonds. The number of ether oxygens (including phenoxy) is 1. The molecule has 7 nitrogen and oxygen atoms in total. The number of aromatic nitrogens is 2. The van der Waals surface area contributed by atoms with Gasteiger partial charge < -0.3 is 14.7 Å². The molecule has 2 heterocycles. The number of hydrogen-bond donors (Lipinski definition) is 2. The van der Waals surface area contributed by atoms with Crippen molar-refractivity contribution in [2.75, 3.05) is 18.0 Å². The molecule has 2 N–H and O–H groups in total. The second-order valence-corrected chi connectivity index (χ2v) is 7.82. The quantitative estimate of drug-likeness (QED) is 0.748. The molecule has 1 aliphatic rings. The van der Waals surface area contributed by atoms with Gasteiger partial charge in [0.15, 0.2) is 0 Å². The first-order valence-corrected chi connectivity index (χ1v) is 9.35. The summed E-state index contributed by atoms with van der Waals surface area (Å²) in [6.07, 6.45) is 1.55.